The zero-order valence-electron chi connectivity index (χ0n) is 18.4. The topological polar surface area (TPSA) is 72.4 Å². The van der Waals surface area contributed by atoms with Gasteiger partial charge in [0.15, 0.2) is 0 Å². The van der Waals surface area contributed by atoms with Gasteiger partial charge in [0, 0.05) is 41.8 Å². The fourth-order valence-electron chi connectivity index (χ4n) is 4.39. The van der Waals surface area contributed by atoms with Gasteiger partial charge in [-0.25, -0.2) is 9.97 Å². The largest absolute Gasteiger partial charge is 0.474 e. The first-order chi connectivity index (χ1) is 15.8. The third-order valence-electron chi connectivity index (χ3n) is 6.18. The summed E-state index contributed by atoms with van der Waals surface area (Å²) in [5.41, 5.74) is 0. The molecule has 7 nitrogen and oxygen atoms in total. The molecule has 1 saturated heterocycles. The van der Waals surface area contributed by atoms with E-state index in [0.717, 1.165) is 69.1 Å². The number of ether oxygens (including phenoxy) is 2. The fourth-order valence-corrected chi connectivity index (χ4v) is 4.83. The van der Waals surface area contributed by atoms with Gasteiger partial charge in [0.1, 0.15) is 11.9 Å². The minimum atomic E-state index is 0.165. The first-order valence-electron chi connectivity index (χ1n) is 11.3. The van der Waals surface area contributed by atoms with E-state index in [1.165, 1.54) is 10.3 Å². The van der Waals surface area contributed by atoms with E-state index >= 15 is 0 Å². The maximum atomic E-state index is 6.56. The van der Waals surface area contributed by atoms with Crippen molar-refractivity contribution in [2.24, 2.45) is 0 Å². The summed E-state index contributed by atoms with van der Waals surface area (Å²) in [4.78, 5) is 17.1. The predicted molar refractivity (Wildman–Crippen MR) is 129 cm³/mol. The number of aromatic nitrogens is 3. The van der Waals surface area contributed by atoms with E-state index in [1.807, 2.05) is 6.07 Å². The third kappa shape index (κ3) is 4.91. The smallest absolute Gasteiger partial charge is 0.223 e. The Labute approximate surface area is 192 Å². The van der Waals surface area contributed by atoms with Crippen LogP contribution >= 0.6 is 11.8 Å². The molecule has 1 N–H and O–H groups in total. The number of anilines is 2. The molecule has 0 bridgehead atoms. The highest BCUT2D eigenvalue weighted by Crippen LogP contribution is 2.34. The molecule has 1 aliphatic heterocycles. The van der Waals surface area contributed by atoms with Crippen LogP contribution in [0.5, 0.6) is 5.88 Å². The van der Waals surface area contributed by atoms with Crippen LogP contribution in [0.4, 0.5) is 11.8 Å². The molecular weight excluding hydrogens is 422 g/mol. The third-order valence-corrected chi connectivity index (χ3v) is 6.90. The molecule has 5 rings (SSSR count). The zero-order chi connectivity index (χ0) is 21.8. The van der Waals surface area contributed by atoms with E-state index in [1.54, 1.807) is 24.2 Å². The molecule has 3 aromatic rings. The molecule has 1 aliphatic carbocycles. The fraction of sp³-hybridized carbons (Fsp3) is 0.458. The van der Waals surface area contributed by atoms with Gasteiger partial charge < -0.3 is 19.7 Å². The van der Waals surface area contributed by atoms with E-state index in [-0.39, 0.29) is 6.10 Å². The lowest BCUT2D eigenvalue weighted by Gasteiger charge is -2.31. The molecule has 0 spiro atoms. The molecule has 2 aromatic heterocycles. The van der Waals surface area contributed by atoms with E-state index in [0.29, 0.717) is 12.0 Å². The Balaban J connectivity index is 1.33. The molecule has 2 fully saturated rings. The van der Waals surface area contributed by atoms with Crippen LogP contribution in [0, 0.1) is 0 Å². The van der Waals surface area contributed by atoms with E-state index in [2.05, 4.69) is 50.7 Å². The molecule has 0 radical (unpaired) electrons. The predicted octanol–water partition coefficient (Wildman–Crippen LogP) is 4.39. The SMILES string of the molecule is CSc1ccc2cc(N3CCOCC3)nc(OC3CCC(Nc4ncccn4)CC3)c2c1. The summed E-state index contributed by atoms with van der Waals surface area (Å²) in [6, 6.07) is 10.9. The van der Waals surface area contributed by atoms with Gasteiger partial charge in [-0.3, -0.25) is 0 Å². The normalized spacial score (nSPS) is 21.5. The Morgan fingerprint density at radius 1 is 1.06 bits per heavy atom. The van der Waals surface area contributed by atoms with Crippen LogP contribution in [0.2, 0.25) is 0 Å². The lowest BCUT2D eigenvalue weighted by atomic mass is 9.93. The van der Waals surface area contributed by atoms with Crippen molar-refractivity contribution in [2.45, 2.75) is 42.7 Å². The zero-order valence-corrected chi connectivity index (χ0v) is 19.2. The lowest BCUT2D eigenvalue weighted by Crippen LogP contribution is -2.37. The van der Waals surface area contributed by atoms with Crippen molar-refractivity contribution >= 4 is 34.3 Å². The highest BCUT2D eigenvalue weighted by Gasteiger charge is 2.25. The van der Waals surface area contributed by atoms with Gasteiger partial charge in [-0.1, -0.05) is 6.07 Å². The Hall–Kier alpha value is -2.58. The quantitative estimate of drug-likeness (QED) is 0.554. The number of thioether (sulfide) groups is 1. The van der Waals surface area contributed by atoms with Crippen LogP contribution in [-0.4, -0.2) is 59.7 Å². The Kier molecular flexibility index (Phi) is 6.59. The minimum absolute atomic E-state index is 0.165. The van der Waals surface area contributed by atoms with Crippen LogP contribution in [0.15, 0.2) is 47.6 Å². The maximum absolute atomic E-state index is 6.56. The summed E-state index contributed by atoms with van der Waals surface area (Å²) in [6.07, 6.45) is 9.83. The van der Waals surface area contributed by atoms with Crippen LogP contribution in [0.25, 0.3) is 10.8 Å². The maximum Gasteiger partial charge on any atom is 0.223 e. The molecule has 1 saturated carbocycles. The molecule has 3 heterocycles. The van der Waals surface area contributed by atoms with Gasteiger partial charge in [-0.15, -0.1) is 11.8 Å². The molecular formula is C24H29N5O2S. The number of fused-ring (bicyclic) bond motifs is 1. The molecule has 8 heteroatoms. The number of hydrogen-bond donors (Lipinski definition) is 1. The Bertz CT molecular complexity index is 1040. The number of rotatable bonds is 6. The summed E-state index contributed by atoms with van der Waals surface area (Å²) >= 11 is 1.74. The summed E-state index contributed by atoms with van der Waals surface area (Å²) < 4.78 is 12.1. The first kappa shape index (κ1) is 21.3. The van der Waals surface area contributed by atoms with Crippen molar-refractivity contribution in [3.8, 4) is 5.88 Å². The summed E-state index contributed by atoms with van der Waals surface area (Å²) in [5, 5.41) is 5.71. The van der Waals surface area contributed by atoms with Crippen molar-refractivity contribution in [2.75, 3.05) is 42.8 Å². The number of pyridine rings is 1. The van der Waals surface area contributed by atoms with Crippen LogP contribution < -0.4 is 15.0 Å². The number of hydrogen-bond acceptors (Lipinski definition) is 8. The van der Waals surface area contributed by atoms with Crippen molar-refractivity contribution in [1.82, 2.24) is 15.0 Å². The molecule has 0 unspecified atom stereocenters. The van der Waals surface area contributed by atoms with E-state index < -0.39 is 0 Å². The molecule has 1 aromatic carbocycles. The molecule has 2 aliphatic rings. The standard InChI is InChI=1S/C24H29N5O2S/c1-32-20-8-3-17-15-22(29-11-13-30-14-12-29)28-23(21(17)16-20)31-19-6-4-18(5-7-19)27-24-25-9-2-10-26-24/h2-3,8-10,15-16,18-19H,4-7,11-14H2,1H3,(H,25,26,27). The average Bonchev–Trinajstić information content (AvgIpc) is 2.86. The van der Waals surface area contributed by atoms with E-state index in [4.69, 9.17) is 14.5 Å². The highest BCUT2D eigenvalue weighted by atomic mass is 32.2. The van der Waals surface area contributed by atoms with Gasteiger partial charge >= 0.3 is 0 Å². The second-order valence-corrected chi connectivity index (χ2v) is 9.16. The van der Waals surface area contributed by atoms with Crippen LogP contribution in [-0.2, 0) is 4.74 Å². The Morgan fingerprint density at radius 2 is 1.84 bits per heavy atom. The van der Waals surface area contributed by atoms with Crippen molar-refractivity contribution in [3.05, 3.63) is 42.7 Å². The number of nitrogens with zero attached hydrogens (tertiary/aromatic N) is 4. The number of morpholine rings is 1. The van der Waals surface area contributed by atoms with Crippen molar-refractivity contribution < 1.29 is 9.47 Å². The highest BCUT2D eigenvalue weighted by molar-refractivity contribution is 7.98. The van der Waals surface area contributed by atoms with Gasteiger partial charge in [0.25, 0.3) is 0 Å². The van der Waals surface area contributed by atoms with Gasteiger partial charge in [0.05, 0.1) is 13.2 Å². The molecule has 168 valence electrons. The molecule has 32 heavy (non-hydrogen) atoms. The van der Waals surface area contributed by atoms with Gasteiger partial charge in [-0.2, -0.15) is 4.98 Å². The summed E-state index contributed by atoms with van der Waals surface area (Å²) in [6.45, 7) is 3.20. The minimum Gasteiger partial charge on any atom is -0.474 e. The van der Waals surface area contributed by atoms with Gasteiger partial charge in [-0.05, 0) is 61.6 Å². The van der Waals surface area contributed by atoms with Crippen molar-refractivity contribution in [1.29, 1.82) is 0 Å². The first-order valence-corrected chi connectivity index (χ1v) is 12.5. The summed E-state index contributed by atoms with van der Waals surface area (Å²) in [5.74, 6) is 2.43. The molecule has 0 atom stereocenters. The Morgan fingerprint density at radius 3 is 2.59 bits per heavy atom. The average molecular weight is 452 g/mol. The number of benzene rings is 1. The van der Waals surface area contributed by atoms with E-state index in [9.17, 15) is 0 Å². The lowest BCUT2D eigenvalue weighted by molar-refractivity contribution is 0.122. The number of nitrogens with one attached hydrogen (secondary N) is 1. The summed E-state index contributed by atoms with van der Waals surface area (Å²) in [7, 11) is 0. The monoisotopic (exact) mass is 451 g/mol. The van der Waals surface area contributed by atoms with Gasteiger partial charge in [0.2, 0.25) is 11.8 Å². The van der Waals surface area contributed by atoms with Crippen molar-refractivity contribution in [3.63, 3.8) is 0 Å². The van der Waals surface area contributed by atoms with Crippen LogP contribution in [0.3, 0.4) is 0 Å². The molecule has 0 amide bonds. The second-order valence-electron chi connectivity index (χ2n) is 8.28. The van der Waals surface area contributed by atoms with Crippen LogP contribution in [0.1, 0.15) is 25.7 Å². The second kappa shape index (κ2) is 9.92.